The van der Waals surface area contributed by atoms with Gasteiger partial charge in [-0.25, -0.2) is 0 Å². The highest BCUT2D eigenvalue weighted by Crippen LogP contribution is 2.40. The van der Waals surface area contributed by atoms with E-state index < -0.39 is 0 Å². The summed E-state index contributed by atoms with van der Waals surface area (Å²) in [6.07, 6.45) is 4.53. The van der Waals surface area contributed by atoms with Gasteiger partial charge in [0.2, 0.25) is 0 Å². The average molecular weight is 249 g/mol. The number of nitrogens with zero attached hydrogens (tertiary/aromatic N) is 1. The highest BCUT2D eigenvalue weighted by atomic mass is 16.5. The smallest absolute Gasteiger partial charge is 0.254 e. The fourth-order valence-electron chi connectivity index (χ4n) is 2.19. The molecular formula is C15H23NO2. The SMILES string of the molecule is COCCn1cc(C2CC2)cc(C(C)(C)C)c1=O. The van der Waals surface area contributed by atoms with Crippen LogP contribution in [0.3, 0.4) is 0 Å². The molecule has 0 spiro atoms. The fourth-order valence-corrected chi connectivity index (χ4v) is 2.19. The molecule has 3 nitrogen and oxygen atoms in total. The molecule has 18 heavy (non-hydrogen) atoms. The topological polar surface area (TPSA) is 31.2 Å². The van der Waals surface area contributed by atoms with Crippen LogP contribution in [0.1, 0.15) is 50.7 Å². The lowest BCUT2D eigenvalue weighted by molar-refractivity contribution is 0.186. The van der Waals surface area contributed by atoms with Crippen molar-refractivity contribution in [3.05, 3.63) is 33.7 Å². The number of aromatic nitrogens is 1. The normalized spacial score (nSPS) is 16.0. The van der Waals surface area contributed by atoms with E-state index in [1.807, 2.05) is 10.8 Å². The maximum atomic E-state index is 12.4. The second-order valence-corrected chi connectivity index (χ2v) is 6.20. The molecular weight excluding hydrogens is 226 g/mol. The summed E-state index contributed by atoms with van der Waals surface area (Å²) in [6.45, 7) is 7.51. The third-order valence-corrected chi connectivity index (χ3v) is 3.50. The van der Waals surface area contributed by atoms with Crippen molar-refractivity contribution in [3.63, 3.8) is 0 Å². The van der Waals surface area contributed by atoms with Crippen molar-refractivity contribution >= 4 is 0 Å². The van der Waals surface area contributed by atoms with Crippen LogP contribution in [0.4, 0.5) is 0 Å². The maximum absolute atomic E-state index is 12.4. The van der Waals surface area contributed by atoms with E-state index in [0.29, 0.717) is 19.1 Å². The predicted octanol–water partition coefficient (Wildman–Crippen LogP) is 2.67. The van der Waals surface area contributed by atoms with E-state index in [4.69, 9.17) is 4.74 Å². The number of pyridine rings is 1. The van der Waals surface area contributed by atoms with E-state index in [0.717, 1.165) is 5.56 Å². The quantitative estimate of drug-likeness (QED) is 0.821. The molecule has 3 heteroatoms. The van der Waals surface area contributed by atoms with Crippen molar-refractivity contribution in [2.45, 2.75) is 51.5 Å². The Hall–Kier alpha value is -1.09. The monoisotopic (exact) mass is 249 g/mol. The summed E-state index contributed by atoms with van der Waals surface area (Å²) < 4.78 is 6.90. The van der Waals surface area contributed by atoms with Crippen molar-refractivity contribution in [2.24, 2.45) is 0 Å². The largest absolute Gasteiger partial charge is 0.383 e. The average Bonchev–Trinajstić information content (AvgIpc) is 3.10. The van der Waals surface area contributed by atoms with Crippen molar-refractivity contribution < 1.29 is 4.74 Å². The first-order chi connectivity index (χ1) is 8.43. The maximum Gasteiger partial charge on any atom is 0.254 e. The molecule has 1 saturated carbocycles. The van der Waals surface area contributed by atoms with Gasteiger partial charge in [-0.05, 0) is 35.8 Å². The van der Waals surface area contributed by atoms with Gasteiger partial charge in [0.05, 0.1) is 6.61 Å². The zero-order chi connectivity index (χ0) is 13.3. The van der Waals surface area contributed by atoms with Crippen molar-refractivity contribution in [1.82, 2.24) is 4.57 Å². The van der Waals surface area contributed by atoms with Gasteiger partial charge in [-0.15, -0.1) is 0 Å². The molecule has 1 aliphatic carbocycles. The van der Waals surface area contributed by atoms with Crippen molar-refractivity contribution in [1.29, 1.82) is 0 Å². The number of rotatable bonds is 4. The number of hydrogen-bond donors (Lipinski definition) is 0. The first-order valence-electron chi connectivity index (χ1n) is 6.67. The summed E-state index contributed by atoms with van der Waals surface area (Å²) in [5.41, 5.74) is 2.26. The Kier molecular flexibility index (Phi) is 3.62. The molecule has 0 bridgehead atoms. The Morgan fingerprint density at radius 3 is 2.56 bits per heavy atom. The summed E-state index contributed by atoms with van der Waals surface area (Å²) in [5.74, 6) is 0.667. The molecule has 1 fully saturated rings. The van der Waals surface area contributed by atoms with Gasteiger partial charge in [0.1, 0.15) is 0 Å². The van der Waals surface area contributed by atoms with E-state index in [1.54, 1.807) is 7.11 Å². The van der Waals surface area contributed by atoms with Gasteiger partial charge in [-0.3, -0.25) is 4.79 Å². The molecule has 0 amide bonds. The Bertz CT molecular complexity index is 478. The van der Waals surface area contributed by atoms with E-state index in [2.05, 4.69) is 26.8 Å². The third-order valence-electron chi connectivity index (χ3n) is 3.50. The Morgan fingerprint density at radius 1 is 1.39 bits per heavy atom. The minimum absolute atomic E-state index is 0.100. The van der Waals surface area contributed by atoms with Crippen LogP contribution in [0.2, 0.25) is 0 Å². The minimum Gasteiger partial charge on any atom is -0.383 e. The van der Waals surface area contributed by atoms with Crippen molar-refractivity contribution in [2.75, 3.05) is 13.7 Å². The van der Waals surface area contributed by atoms with E-state index in [9.17, 15) is 4.79 Å². The molecule has 1 aromatic heterocycles. The third kappa shape index (κ3) is 2.83. The lowest BCUT2D eigenvalue weighted by Gasteiger charge is -2.21. The summed E-state index contributed by atoms with van der Waals surface area (Å²) in [7, 11) is 1.67. The van der Waals surface area contributed by atoms with Crippen molar-refractivity contribution in [3.8, 4) is 0 Å². The van der Waals surface area contributed by atoms with Crippen LogP contribution in [0, 0.1) is 0 Å². The lowest BCUT2D eigenvalue weighted by Crippen LogP contribution is -2.31. The first-order valence-corrected chi connectivity index (χ1v) is 6.67. The summed E-state index contributed by atoms with van der Waals surface area (Å²) in [5, 5.41) is 0. The van der Waals surface area contributed by atoms with Gasteiger partial charge in [-0.1, -0.05) is 20.8 Å². The fraction of sp³-hybridized carbons (Fsp3) is 0.667. The second-order valence-electron chi connectivity index (χ2n) is 6.20. The molecule has 1 aromatic rings. The zero-order valence-electron chi connectivity index (χ0n) is 11.8. The molecule has 1 heterocycles. The van der Waals surface area contributed by atoms with Gasteiger partial charge in [0.15, 0.2) is 0 Å². The Morgan fingerprint density at radius 2 is 2.06 bits per heavy atom. The van der Waals surface area contributed by atoms with Crippen LogP contribution in [0.5, 0.6) is 0 Å². The molecule has 2 rings (SSSR count). The first kappa shape index (κ1) is 13.3. The standard InChI is InChI=1S/C15H23NO2/c1-15(2,3)13-9-12(11-5-6-11)10-16(14(13)17)7-8-18-4/h9-11H,5-8H2,1-4H3. The van der Waals surface area contributed by atoms with E-state index >= 15 is 0 Å². The van der Waals surface area contributed by atoms with Gasteiger partial charge >= 0.3 is 0 Å². The van der Waals surface area contributed by atoms with Crippen LogP contribution >= 0.6 is 0 Å². The molecule has 100 valence electrons. The molecule has 0 N–H and O–H groups in total. The molecule has 0 aromatic carbocycles. The van der Waals surface area contributed by atoms with E-state index in [1.165, 1.54) is 18.4 Å². The van der Waals surface area contributed by atoms with Crippen LogP contribution in [0.15, 0.2) is 17.1 Å². The van der Waals surface area contributed by atoms with Crippen LogP contribution in [-0.2, 0) is 16.7 Å². The summed E-state index contributed by atoms with van der Waals surface area (Å²) in [6, 6.07) is 2.11. The van der Waals surface area contributed by atoms with Gasteiger partial charge in [-0.2, -0.15) is 0 Å². The number of ether oxygens (including phenoxy) is 1. The van der Waals surface area contributed by atoms with Gasteiger partial charge in [0.25, 0.3) is 5.56 Å². The zero-order valence-corrected chi connectivity index (χ0v) is 11.8. The van der Waals surface area contributed by atoms with Crippen LogP contribution in [-0.4, -0.2) is 18.3 Å². The number of hydrogen-bond acceptors (Lipinski definition) is 2. The molecule has 0 unspecified atom stereocenters. The highest BCUT2D eigenvalue weighted by Gasteiger charge is 2.27. The number of methoxy groups -OCH3 is 1. The Balaban J connectivity index is 2.44. The van der Waals surface area contributed by atoms with Gasteiger partial charge in [0, 0.05) is 25.4 Å². The molecule has 1 aliphatic rings. The van der Waals surface area contributed by atoms with Gasteiger partial charge < -0.3 is 9.30 Å². The van der Waals surface area contributed by atoms with E-state index in [-0.39, 0.29) is 11.0 Å². The highest BCUT2D eigenvalue weighted by molar-refractivity contribution is 5.29. The molecule has 0 aliphatic heterocycles. The van der Waals surface area contributed by atoms with Crippen LogP contribution < -0.4 is 5.56 Å². The second kappa shape index (κ2) is 4.88. The minimum atomic E-state index is -0.100. The predicted molar refractivity (Wildman–Crippen MR) is 73.3 cm³/mol. The summed E-state index contributed by atoms with van der Waals surface area (Å²) >= 11 is 0. The Labute approximate surface area is 109 Å². The van der Waals surface area contributed by atoms with Crippen LogP contribution in [0.25, 0.3) is 0 Å². The molecule has 0 atom stereocenters. The lowest BCUT2D eigenvalue weighted by atomic mass is 9.87. The molecule has 0 radical (unpaired) electrons. The summed E-state index contributed by atoms with van der Waals surface area (Å²) in [4.78, 5) is 12.4. The molecule has 0 saturated heterocycles.